The first-order valence-corrected chi connectivity index (χ1v) is 7.01. The number of rotatable bonds is 2. The normalized spacial score (nSPS) is 19.7. The lowest BCUT2D eigenvalue weighted by molar-refractivity contribution is 0.0601. The molecule has 1 saturated heterocycles. The molecule has 4 nitrogen and oxygen atoms in total. The average molecular weight is 266 g/mol. The van der Waals surface area contributed by atoms with E-state index in [0.717, 1.165) is 24.5 Å². The summed E-state index contributed by atoms with van der Waals surface area (Å²) in [5, 5.41) is 0.545. The number of anilines is 2. The number of esters is 1. The SMILES string of the molecule is COC(=O)c1cccc(N)c1N1CCSC(C)C1. The van der Waals surface area contributed by atoms with Crippen LogP contribution in [0.2, 0.25) is 0 Å². The molecule has 1 heterocycles. The van der Waals surface area contributed by atoms with Gasteiger partial charge in [-0.25, -0.2) is 4.79 Å². The van der Waals surface area contributed by atoms with Crippen molar-refractivity contribution in [2.24, 2.45) is 0 Å². The van der Waals surface area contributed by atoms with Crippen LogP contribution in [-0.4, -0.2) is 37.2 Å². The summed E-state index contributed by atoms with van der Waals surface area (Å²) in [6, 6.07) is 5.38. The second-order valence-corrected chi connectivity index (χ2v) is 5.91. The fourth-order valence-corrected chi connectivity index (χ4v) is 3.22. The van der Waals surface area contributed by atoms with Crippen LogP contribution in [-0.2, 0) is 4.74 Å². The van der Waals surface area contributed by atoms with Gasteiger partial charge in [0.15, 0.2) is 0 Å². The second kappa shape index (κ2) is 5.52. The van der Waals surface area contributed by atoms with Crippen LogP contribution in [0.4, 0.5) is 11.4 Å². The van der Waals surface area contributed by atoms with Crippen molar-refractivity contribution < 1.29 is 9.53 Å². The molecule has 1 aromatic carbocycles. The number of benzene rings is 1. The zero-order chi connectivity index (χ0) is 13.1. The van der Waals surface area contributed by atoms with Crippen molar-refractivity contribution >= 4 is 29.1 Å². The molecule has 0 radical (unpaired) electrons. The van der Waals surface area contributed by atoms with Crippen LogP contribution in [0.15, 0.2) is 18.2 Å². The second-order valence-electron chi connectivity index (χ2n) is 4.36. The Morgan fingerprint density at radius 2 is 2.33 bits per heavy atom. The Kier molecular flexibility index (Phi) is 4.01. The number of carbonyl (C=O) groups excluding carboxylic acids is 1. The highest BCUT2D eigenvalue weighted by atomic mass is 32.2. The molecule has 2 N–H and O–H groups in total. The maximum Gasteiger partial charge on any atom is 0.340 e. The molecular weight excluding hydrogens is 248 g/mol. The van der Waals surface area contributed by atoms with Crippen LogP contribution < -0.4 is 10.6 Å². The lowest BCUT2D eigenvalue weighted by Crippen LogP contribution is -2.38. The molecule has 0 saturated carbocycles. The third-order valence-electron chi connectivity index (χ3n) is 3.03. The molecule has 0 aliphatic carbocycles. The van der Waals surface area contributed by atoms with E-state index in [1.54, 1.807) is 12.1 Å². The fourth-order valence-electron chi connectivity index (χ4n) is 2.21. The van der Waals surface area contributed by atoms with Crippen molar-refractivity contribution in [1.29, 1.82) is 0 Å². The zero-order valence-corrected chi connectivity index (χ0v) is 11.5. The monoisotopic (exact) mass is 266 g/mol. The summed E-state index contributed by atoms with van der Waals surface area (Å²) in [7, 11) is 1.39. The molecule has 98 valence electrons. The van der Waals surface area contributed by atoms with Crippen LogP contribution in [0.25, 0.3) is 0 Å². The third kappa shape index (κ3) is 2.56. The third-order valence-corrected chi connectivity index (χ3v) is 4.17. The van der Waals surface area contributed by atoms with Crippen molar-refractivity contribution in [2.75, 3.05) is 36.6 Å². The number of ether oxygens (including phenoxy) is 1. The summed E-state index contributed by atoms with van der Waals surface area (Å²) in [5.74, 6) is 0.721. The number of nitrogen functional groups attached to an aromatic ring is 1. The molecular formula is C13H18N2O2S. The van der Waals surface area contributed by atoms with E-state index in [4.69, 9.17) is 10.5 Å². The zero-order valence-electron chi connectivity index (χ0n) is 10.7. The molecule has 0 amide bonds. The minimum atomic E-state index is -0.330. The van der Waals surface area contributed by atoms with Gasteiger partial charge in [-0.05, 0) is 12.1 Å². The molecule has 0 bridgehead atoms. The molecule has 0 aromatic heterocycles. The number of para-hydroxylation sites is 1. The molecule has 1 fully saturated rings. The van der Waals surface area contributed by atoms with Gasteiger partial charge < -0.3 is 15.4 Å². The highest BCUT2D eigenvalue weighted by Gasteiger charge is 2.23. The van der Waals surface area contributed by atoms with Crippen LogP contribution in [0.3, 0.4) is 0 Å². The van der Waals surface area contributed by atoms with Gasteiger partial charge in [-0.2, -0.15) is 11.8 Å². The van der Waals surface area contributed by atoms with E-state index in [1.165, 1.54) is 7.11 Å². The average Bonchev–Trinajstić information content (AvgIpc) is 2.37. The van der Waals surface area contributed by atoms with Gasteiger partial charge in [0.25, 0.3) is 0 Å². The molecule has 1 aliphatic heterocycles. The van der Waals surface area contributed by atoms with E-state index >= 15 is 0 Å². The number of hydrogen-bond donors (Lipinski definition) is 1. The Balaban J connectivity index is 2.38. The molecule has 1 unspecified atom stereocenters. The standard InChI is InChI=1S/C13H18N2O2S/c1-9-8-15(6-7-18-9)12-10(13(16)17-2)4-3-5-11(12)14/h3-5,9H,6-8,14H2,1-2H3. The lowest BCUT2D eigenvalue weighted by Gasteiger charge is -2.34. The van der Waals surface area contributed by atoms with Gasteiger partial charge in [-0.15, -0.1) is 0 Å². The molecule has 1 atom stereocenters. The summed E-state index contributed by atoms with van der Waals surface area (Å²) in [4.78, 5) is 14.0. The number of methoxy groups -OCH3 is 1. The van der Waals surface area contributed by atoms with Gasteiger partial charge in [-0.3, -0.25) is 0 Å². The Labute approximate surface area is 111 Å². The first-order valence-electron chi connectivity index (χ1n) is 5.97. The molecule has 1 aromatic rings. The quantitative estimate of drug-likeness (QED) is 0.655. The predicted octanol–water partition coefficient (Wildman–Crippen LogP) is 2.00. The van der Waals surface area contributed by atoms with E-state index in [0.29, 0.717) is 16.5 Å². The Bertz CT molecular complexity index is 451. The van der Waals surface area contributed by atoms with Crippen molar-refractivity contribution in [1.82, 2.24) is 0 Å². The molecule has 5 heteroatoms. The van der Waals surface area contributed by atoms with Crippen LogP contribution in [0, 0.1) is 0 Å². The van der Waals surface area contributed by atoms with E-state index in [-0.39, 0.29) is 5.97 Å². The first kappa shape index (κ1) is 13.1. The van der Waals surface area contributed by atoms with Crippen LogP contribution in [0.5, 0.6) is 0 Å². The summed E-state index contributed by atoms with van der Waals surface area (Å²) < 4.78 is 4.82. The van der Waals surface area contributed by atoms with E-state index in [1.807, 2.05) is 17.8 Å². The number of thioether (sulfide) groups is 1. The van der Waals surface area contributed by atoms with Gasteiger partial charge in [0.05, 0.1) is 24.0 Å². The molecule has 1 aliphatic rings. The minimum absolute atomic E-state index is 0.330. The highest BCUT2D eigenvalue weighted by Crippen LogP contribution is 2.32. The van der Waals surface area contributed by atoms with Crippen molar-refractivity contribution in [2.45, 2.75) is 12.2 Å². The Hall–Kier alpha value is -1.36. The number of carbonyl (C=O) groups is 1. The topological polar surface area (TPSA) is 55.6 Å². The maximum atomic E-state index is 11.8. The molecule has 2 rings (SSSR count). The predicted molar refractivity (Wildman–Crippen MR) is 76.3 cm³/mol. The molecule has 18 heavy (non-hydrogen) atoms. The van der Waals surface area contributed by atoms with E-state index in [2.05, 4.69) is 11.8 Å². The van der Waals surface area contributed by atoms with Crippen molar-refractivity contribution in [3.8, 4) is 0 Å². The van der Waals surface area contributed by atoms with E-state index in [9.17, 15) is 4.79 Å². The van der Waals surface area contributed by atoms with Crippen LogP contribution >= 0.6 is 11.8 Å². The van der Waals surface area contributed by atoms with Gasteiger partial charge >= 0.3 is 5.97 Å². The highest BCUT2D eigenvalue weighted by molar-refractivity contribution is 8.00. The summed E-state index contributed by atoms with van der Waals surface area (Å²) >= 11 is 1.94. The summed E-state index contributed by atoms with van der Waals surface area (Å²) in [6.45, 7) is 4.00. The first-order chi connectivity index (χ1) is 8.63. The number of nitrogens with two attached hydrogens (primary N) is 1. The summed E-state index contributed by atoms with van der Waals surface area (Å²) in [5.41, 5.74) is 8.04. The lowest BCUT2D eigenvalue weighted by atomic mass is 10.1. The minimum Gasteiger partial charge on any atom is -0.465 e. The van der Waals surface area contributed by atoms with Gasteiger partial charge in [0, 0.05) is 24.1 Å². The van der Waals surface area contributed by atoms with Crippen molar-refractivity contribution in [3.05, 3.63) is 23.8 Å². The van der Waals surface area contributed by atoms with Gasteiger partial charge in [0.2, 0.25) is 0 Å². The number of nitrogens with zero attached hydrogens (tertiary/aromatic N) is 1. The molecule has 0 spiro atoms. The maximum absolute atomic E-state index is 11.8. The van der Waals surface area contributed by atoms with E-state index < -0.39 is 0 Å². The Morgan fingerprint density at radius 1 is 1.56 bits per heavy atom. The van der Waals surface area contributed by atoms with Gasteiger partial charge in [0.1, 0.15) is 0 Å². The number of hydrogen-bond acceptors (Lipinski definition) is 5. The largest absolute Gasteiger partial charge is 0.465 e. The van der Waals surface area contributed by atoms with Gasteiger partial charge in [-0.1, -0.05) is 13.0 Å². The smallest absolute Gasteiger partial charge is 0.340 e. The van der Waals surface area contributed by atoms with Crippen molar-refractivity contribution in [3.63, 3.8) is 0 Å². The van der Waals surface area contributed by atoms with Crippen LogP contribution in [0.1, 0.15) is 17.3 Å². The Morgan fingerprint density at radius 3 is 3.00 bits per heavy atom. The fraction of sp³-hybridized carbons (Fsp3) is 0.462. The summed E-state index contributed by atoms with van der Waals surface area (Å²) in [6.07, 6.45) is 0.